The molecule has 14 aromatic carbocycles. The van der Waals surface area contributed by atoms with Crippen LogP contribution in [-0.4, -0.2) is 0 Å². The lowest BCUT2D eigenvalue weighted by molar-refractivity contribution is 0.613. The molecule has 0 radical (unpaired) electrons. The minimum atomic E-state index is -0.0800. The van der Waals surface area contributed by atoms with Crippen molar-refractivity contribution in [1.29, 1.82) is 0 Å². The van der Waals surface area contributed by atoms with Gasteiger partial charge in [0.1, 0.15) is 0 Å². The average molecular weight is 1150 g/mol. The molecule has 0 aliphatic heterocycles. The van der Waals surface area contributed by atoms with Crippen molar-refractivity contribution < 1.29 is 0 Å². The van der Waals surface area contributed by atoms with Gasteiger partial charge in [0, 0.05) is 50.9 Å². The van der Waals surface area contributed by atoms with Crippen LogP contribution in [0.25, 0.3) is 93.2 Å². The van der Waals surface area contributed by atoms with Crippen molar-refractivity contribution in [2.24, 2.45) is 0 Å². The Balaban J connectivity index is 0.842. The summed E-state index contributed by atoms with van der Waals surface area (Å²) in [5.41, 5.74) is 26.1. The van der Waals surface area contributed by atoms with Crippen LogP contribution in [0, 0.1) is 0 Å². The molecule has 3 aliphatic carbocycles. The Bertz CT molecular complexity index is 5260. The zero-order valence-corrected chi connectivity index (χ0v) is 51.1. The highest BCUT2D eigenvalue weighted by atomic mass is 15.1. The molecule has 0 saturated carbocycles. The molecule has 0 saturated heterocycles. The van der Waals surface area contributed by atoms with E-state index in [1.54, 1.807) is 0 Å². The molecule has 1 unspecified atom stereocenters. The average Bonchev–Trinajstić information content (AvgIpc) is 1.16. The van der Waals surface area contributed by atoms with Crippen LogP contribution >= 0.6 is 0 Å². The first kappa shape index (κ1) is 53.4. The maximum atomic E-state index is 2.49. The first-order valence-electron chi connectivity index (χ1n) is 31.8. The van der Waals surface area contributed by atoms with Crippen LogP contribution in [0.2, 0.25) is 0 Å². The molecule has 0 spiro atoms. The molecule has 2 nitrogen and oxygen atoms in total. The highest BCUT2D eigenvalue weighted by molar-refractivity contribution is 6.23. The van der Waals surface area contributed by atoms with Crippen molar-refractivity contribution >= 4 is 82.8 Å². The van der Waals surface area contributed by atoms with Gasteiger partial charge in [-0.05, 0) is 218 Å². The van der Waals surface area contributed by atoms with E-state index in [-0.39, 0.29) is 10.8 Å². The first-order valence-corrected chi connectivity index (χ1v) is 31.8. The second kappa shape index (κ2) is 20.9. The standard InChI is InChI=1S/C88H66N2/c1-87(2)81-29-17-15-27-73(81)75-47-39-63(53-83(75)87)59-35-41-69(42-36-59)89(67-23-7-5-8-24-67)71-45-49-77-79(55-71)85(65-33-31-57-19-11-13-21-61(57)51-65)78-50-46-72(56-80(78)86(77)66-34-32-58-20-12-14-22-62(58)52-66)90(68-25-9-6-10-26-68)70-43-37-60(38-44-70)64-40-48-76-74-28-16-18-30-82(74)88(3,4)84(76)54-64/h5-47,49-56,76H,48H2,1-4H3. The molecule has 0 aromatic heterocycles. The molecule has 0 N–H and O–H groups in total. The summed E-state index contributed by atoms with van der Waals surface area (Å²) in [6.45, 7) is 9.52. The molecule has 14 aromatic rings. The van der Waals surface area contributed by atoms with Gasteiger partial charge < -0.3 is 9.80 Å². The number of benzene rings is 14. The van der Waals surface area contributed by atoms with Crippen molar-refractivity contribution in [1.82, 2.24) is 0 Å². The van der Waals surface area contributed by atoms with E-state index in [1.807, 2.05) is 0 Å². The van der Waals surface area contributed by atoms with Gasteiger partial charge in [-0.2, -0.15) is 0 Å². The molecule has 0 bridgehead atoms. The zero-order chi connectivity index (χ0) is 60.2. The van der Waals surface area contributed by atoms with Gasteiger partial charge in [0.15, 0.2) is 0 Å². The van der Waals surface area contributed by atoms with Gasteiger partial charge in [-0.25, -0.2) is 0 Å². The second-order valence-electron chi connectivity index (χ2n) is 26.0. The molecule has 2 heteroatoms. The minimum absolute atomic E-state index is 0.0130. The van der Waals surface area contributed by atoms with E-state index in [0.29, 0.717) is 5.92 Å². The summed E-state index contributed by atoms with van der Waals surface area (Å²) < 4.78 is 0. The summed E-state index contributed by atoms with van der Waals surface area (Å²) >= 11 is 0. The number of fused-ring (bicyclic) bond motifs is 10. The Morgan fingerprint density at radius 3 is 1.32 bits per heavy atom. The van der Waals surface area contributed by atoms with Gasteiger partial charge in [-0.3, -0.25) is 0 Å². The van der Waals surface area contributed by atoms with Crippen LogP contribution in [0.4, 0.5) is 34.1 Å². The summed E-state index contributed by atoms with van der Waals surface area (Å²) in [6.07, 6.45) is 5.96. The number of para-hydroxylation sites is 2. The fraction of sp³-hybridized carbons (Fsp3) is 0.0909. The molecule has 0 heterocycles. The molecule has 0 amide bonds. The fourth-order valence-corrected chi connectivity index (χ4v) is 15.7. The molecular weight excluding hydrogens is 1080 g/mol. The van der Waals surface area contributed by atoms with Crippen molar-refractivity contribution in [3.8, 4) is 44.5 Å². The Kier molecular flexibility index (Phi) is 12.4. The third kappa shape index (κ3) is 8.68. The Morgan fingerprint density at radius 1 is 0.300 bits per heavy atom. The smallest absolute Gasteiger partial charge is 0.0468 e. The van der Waals surface area contributed by atoms with Gasteiger partial charge in [-0.1, -0.05) is 252 Å². The topological polar surface area (TPSA) is 6.48 Å². The molecule has 1 atom stereocenters. The third-order valence-corrected chi connectivity index (χ3v) is 20.2. The summed E-state index contributed by atoms with van der Waals surface area (Å²) in [5.74, 6) is 0.434. The van der Waals surface area contributed by atoms with Crippen molar-refractivity contribution in [2.45, 2.75) is 50.9 Å². The molecule has 17 rings (SSSR count). The Labute approximate surface area is 527 Å². The monoisotopic (exact) mass is 1150 g/mol. The van der Waals surface area contributed by atoms with E-state index in [9.17, 15) is 0 Å². The first-order chi connectivity index (χ1) is 44.1. The highest BCUT2D eigenvalue weighted by Crippen LogP contribution is 2.55. The van der Waals surface area contributed by atoms with E-state index in [2.05, 4.69) is 347 Å². The van der Waals surface area contributed by atoms with Crippen molar-refractivity contribution in [3.05, 3.63) is 343 Å². The lowest BCUT2D eigenvalue weighted by Crippen LogP contribution is -2.17. The summed E-state index contributed by atoms with van der Waals surface area (Å²) in [7, 11) is 0. The quantitative estimate of drug-likeness (QED) is 0.126. The Morgan fingerprint density at radius 2 is 0.744 bits per heavy atom. The van der Waals surface area contributed by atoms with Crippen LogP contribution in [0.15, 0.2) is 315 Å². The van der Waals surface area contributed by atoms with E-state index < -0.39 is 0 Å². The lowest BCUT2D eigenvalue weighted by atomic mass is 9.77. The van der Waals surface area contributed by atoms with Gasteiger partial charge in [0.25, 0.3) is 0 Å². The summed E-state index contributed by atoms with van der Waals surface area (Å²) in [6, 6.07) is 111. The van der Waals surface area contributed by atoms with Crippen LogP contribution in [-0.2, 0) is 10.8 Å². The summed E-state index contributed by atoms with van der Waals surface area (Å²) in [5, 5.41) is 9.60. The van der Waals surface area contributed by atoms with Gasteiger partial charge in [-0.15, -0.1) is 0 Å². The third-order valence-electron chi connectivity index (χ3n) is 20.2. The van der Waals surface area contributed by atoms with E-state index in [0.717, 1.165) is 40.5 Å². The number of allylic oxidation sites excluding steroid dienone is 4. The number of hydrogen-bond acceptors (Lipinski definition) is 2. The van der Waals surface area contributed by atoms with Crippen LogP contribution < -0.4 is 9.80 Å². The summed E-state index contributed by atoms with van der Waals surface area (Å²) in [4.78, 5) is 4.86. The zero-order valence-electron chi connectivity index (χ0n) is 51.1. The Hall–Kier alpha value is -10.8. The van der Waals surface area contributed by atoms with Crippen LogP contribution in [0.1, 0.15) is 67.9 Å². The van der Waals surface area contributed by atoms with Gasteiger partial charge >= 0.3 is 0 Å². The van der Waals surface area contributed by atoms with Crippen LogP contribution in [0.5, 0.6) is 0 Å². The SMILES string of the molecule is CC1(C)C2=CC(c3ccc(N(c4ccccc4)c4ccc5c(-c6ccc7ccccc7c6)c6cc(N(c7ccccc7)c7ccc(-c8ccc9c(c8)C(C)(C)c8ccccc8-9)cc7)ccc6c(-c6ccc7ccccc7c6)c5c4)cc3)=CCC2c2ccccc21. The lowest BCUT2D eigenvalue weighted by Gasteiger charge is -2.29. The maximum Gasteiger partial charge on any atom is 0.0468 e. The molecule has 90 heavy (non-hydrogen) atoms. The predicted molar refractivity (Wildman–Crippen MR) is 383 cm³/mol. The van der Waals surface area contributed by atoms with Crippen LogP contribution in [0.3, 0.4) is 0 Å². The van der Waals surface area contributed by atoms with E-state index in [4.69, 9.17) is 0 Å². The number of rotatable bonds is 10. The van der Waals surface area contributed by atoms with Gasteiger partial charge in [0.2, 0.25) is 0 Å². The second-order valence-corrected chi connectivity index (χ2v) is 26.0. The molecule has 3 aliphatic rings. The van der Waals surface area contributed by atoms with Gasteiger partial charge in [0.05, 0.1) is 0 Å². The van der Waals surface area contributed by atoms with Crippen molar-refractivity contribution in [2.75, 3.05) is 9.80 Å². The largest absolute Gasteiger partial charge is 0.310 e. The fourth-order valence-electron chi connectivity index (χ4n) is 15.7. The highest BCUT2D eigenvalue weighted by Gasteiger charge is 2.42. The minimum Gasteiger partial charge on any atom is -0.310 e. The maximum absolute atomic E-state index is 2.49. The van der Waals surface area contributed by atoms with E-state index in [1.165, 1.54) is 127 Å². The van der Waals surface area contributed by atoms with Crippen molar-refractivity contribution in [3.63, 3.8) is 0 Å². The number of nitrogens with zero attached hydrogens (tertiary/aromatic N) is 2. The normalized spacial score (nSPS) is 15.0. The molecular formula is C88H66N2. The molecule has 0 fully saturated rings. The van der Waals surface area contributed by atoms with E-state index >= 15 is 0 Å². The molecule has 428 valence electrons. The predicted octanol–water partition coefficient (Wildman–Crippen LogP) is 24.3. The number of anilines is 6. The number of hydrogen-bond donors (Lipinski definition) is 0.